The summed E-state index contributed by atoms with van der Waals surface area (Å²) in [6, 6.07) is 15.5. The van der Waals surface area contributed by atoms with E-state index >= 15 is 0 Å². The number of carbonyl (C=O) groups is 1. The molecule has 1 unspecified atom stereocenters. The topological polar surface area (TPSA) is 41.6 Å². The molecule has 5 heteroatoms. The van der Waals surface area contributed by atoms with Crippen molar-refractivity contribution in [3.63, 3.8) is 0 Å². The minimum Gasteiger partial charge on any atom is -0.496 e. The highest BCUT2D eigenvalue weighted by atomic mass is 35.5. The van der Waals surface area contributed by atoms with Gasteiger partial charge in [0.15, 0.2) is 0 Å². The number of nitrogens with zero attached hydrogens (tertiary/aromatic N) is 1. The molecular formula is C23H27ClN2O2. The summed E-state index contributed by atoms with van der Waals surface area (Å²) in [6.45, 7) is 2.23. The third-order valence-corrected chi connectivity index (χ3v) is 6.54. The number of rotatable bonds is 6. The van der Waals surface area contributed by atoms with E-state index in [4.69, 9.17) is 16.3 Å². The number of likely N-dealkylation sites (tertiary alicyclic amines) is 1. The lowest BCUT2D eigenvalue weighted by molar-refractivity contribution is -0.000460. The predicted molar refractivity (Wildman–Crippen MR) is 112 cm³/mol. The van der Waals surface area contributed by atoms with Gasteiger partial charge in [-0.3, -0.25) is 9.69 Å². The normalized spacial score (nSPS) is 19.6. The fraction of sp³-hybridized carbons (Fsp3) is 0.435. The molecule has 4 rings (SSSR count). The summed E-state index contributed by atoms with van der Waals surface area (Å²) in [7, 11) is 1.56. The molecule has 2 aromatic rings. The minimum absolute atomic E-state index is 0.00712. The maximum atomic E-state index is 13.3. The lowest BCUT2D eigenvalue weighted by Gasteiger charge is -2.54. The Morgan fingerprint density at radius 3 is 2.43 bits per heavy atom. The molecule has 4 nitrogen and oxygen atoms in total. The number of methoxy groups -OCH3 is 1. The Bertz CT molecular complexity index is 830. The van der Waals surface area contributed by atoms with Crippen LogP contribution in [0.25, 0.3) is 0 Å². The Hall–Kier alpha value is -2.04. The molecule has 2 fully saturated rings. The molecule has 28 heavy (non-hydrogen) atoms. The van der Waals surface area contributed by atoms with Gasteiger partial charge in [-0.2, -0.15) is 0 Å². The molecule has 0 aromatic heterocycles. The molecule has 1 N–H and O–H groups in total. The van der Waals surface area contributed by atoms with Gasteiger partial charge in [-0.25, -0.2) is 0 Å². The van der Waals surface area contributed by atoms with Crippen molar-refractivity contribution in [1.82, 2.24) is 10.2 Å². The van der Waals surface area contributed by atoms with Crippen LogP contribution in [0.2, 0.25) is 5.02 Å². The molecule has 0 spiro atoms. The maximum absolute atomic E-state index is 13.3. The molecule has 148 valence electrons. The molecule has 1 saturated heterocycles. The maximum Gasteiger partial charge on any atom is 0.255 e. The van der Waals surface area contributed by atoms with Gasteiger partial charge in [0.05, 0.1) is 18.7 Å². The van der Waals surface area contributed by atoms with Crippen molar-refractivity contribution in [2.75, 3.05) is 20.2 Å². The second-order valence-corrected chi connectivity index (χ2v) is 8.25. The van der Waals surface area contributed by atoms with E-state index in [1.165, 1.54) is 19.3 Å². The average Bonchev–Trinajstić information content (AvgIpc) is 3.21. The Morgan fingerprint density at radius 1 is 1.11 bits per heavy atom. The summed E-state index contributed by atoms with van der Waals surface area (Å²) in [5.74, 6) is 0.383. The van der Waals surface area contributed by atoms with Gasteiger partial charge >= 0.3 is 0 Å². The van der Waals surface area contributed by atoms with Crippen LogP contribution in [0.4, 0.5) is 0 Å². The van der Waals surface area contributed by atoms with Crippen LogP contribution in [-0.2, 0) is 0 Å². The van der Waals surface area contributed by atoms with Crippen LogP contribution in [-0.4, -0.2) is 36.5 Å². The van der Waals surface area contributed by atoms with Gasteiger partial charge in [0.2, 0.25) is 0 Å². The average molecular weight is 399 g/mol. The molecular weight excluding hydrogens is 372 g/mol. The first-order valence-corrected chi connectivity index (χ1v) is 10.5. The highest BCUT2D eigenvalue weighted by Gasteiger charge is 2.50. The van der Waals surface area contributed by atoms with E-state index in [-0.39, 0.29) is 17.5 Å². The Kier molecular flexibility index (Phi) is 5.61. The van der Waals surface area contributed by atoms with E-state index in [0.717, 1.165) is 31.5 Å². The molecule has 1 aliphatic carbocycles. The van der Waals surface area contributed by atoms with Crippen molar-refractivity contribution in [2.24, 2.45) is 0 Å². The summed E-state index contributed by atoms with van der Waals surface area (Å²) in [4.78, 5) is 15.9. The van der Waals surface area contributed by atoms with Crippen LogP contribution in [0.1, 0.15) is 54.1 Å². The van der Waals surface area contributed by atoms with E-state index in [1.807, 2.05) is 18.2 Å². The Morgan fingerprint density at radius 2 is 1.82 bits per heavy atom. The molecule has 1 atom stereocenters. The highest BCUT2D eigenvalue weighted by Crippen LogP contribution is 2.48. The second kappa shape index (κ2) is 8.14. The van der Waals surface area contributed by atoms with Crippen molar-refractivity contribution < 1.29 is 9.53 Å². The predicted octanol–water partition coefficient (Wildman–Crippen LogP) is 4.84. The summed E-state index contributed by atoms with van der Waals surface area (Å²) in [6.07, 6.45) is 5.92. The highest BCUT2D eigenvalue weighted by molar-refractivity contribution is 6.30. The van der Waals surface area contributed by atoms with Gasteiger partial charge in [0.25, 0.3) is 5.91 Å². The first-order valence-electron chi connectivity index (χ1n) is 10.1. The standard InChI is InChI=1S/C23H27ClN2O2/c1-28-20-16-18(24)10-11-19(20)22(27)25-21(17-8-3-2-4-9-17)23(12-7-13-23)26-14-5-6-15-26/h2-4,8-11,16,21H,5-7,12-15H2,1H3,(H,25,27). The number of hydrogen-bond donors (Lipinski definition) is 1. The summed E-state index contributed by atoms with van der Waals surface area (Å²) >= 11 is 6.07. The SMILES string of the molecule is COc1cc(Cl)ccc1C(=O)NC(c1ccccc1)C1(N2CCCC2)CCC1. The monoisotopic (exact) mass is 398 g/mol. The largest absolute Gasteiger partial charge is 0.496 e. The van der Waals surface area contributed by atoms with Crippen molar-refractivity contribution in [3.05, 3.63) is 64.7 Å². The van der Waals surface area contributed by atoms with Crippen LogP contribution in [0.3, 0.4) is 0 Å². The van der Waals surface area contributed by atoms with Crippen molar-refractivity contribution in [3.8, 4) is 5.75 Å². The summed E-state index contributed by atoms with van der Waals surface area (Å²) in [5.41, 5.74) is 1.69. The van der Waals surface area contributed by atoms with Gasteiger partial charge in [0, 0.05) is 10.6 Å². The van der Waals surface area contributed by atoms with Crippen LogP contribution in [0.15, 0.2) is 48.5 Å². The number of amides is 1. The third-order valence-electron chi connectivity index (χ3n) is 6.31. The van der Waals surface area contributed by atoms with Crippen molar-refractivity contribution >= 4 is 17.5 Å². The van der Waals surface area contributed by atoms with Crippen LogP contribution < -0.4 is 10.1 Å². The zero-order chi connectivity index (χ0) is 19.6. The van der Waals surface area contributed by atoms with Crippen LogP contribution in [0, 0.1) is 0 Å². The molecule has 1 amide bonds. The zero-order valence-electron chi connectivity index (χ0n) is 16.3. The number of carbonyl (C=O) groups excluding carboxylic acids is 1. The minimum atomic E-state index is -0.118. The number of benzene rings is 2. The fourth-order valence-corrected chi connectivity index (χ4v) is 4.89. The van der Waals surface area contributed by atoms with E-state index in [1.54, 1.807) is 25.3 Å². The molecule has 0 radical (unpaired) electrons. The van der Waals surface area contributed by atoms with E-state index in [0.29, 0.717) is 16.3 Å². The smallest absolute Gasteiger partial charge is 0.255 e. The zero-order valence-corrected chi connectivity index (χ0v) is 17.0. The molecule has 2 aliphatic rings. The fourth-order valence-electron chi connectivity index (χ4n) is 4.72. The molecule has 1 heterocycles. The van der Waals surface area contributed by atoms with E-state index in [2.05, 4.69) is 22.3 Å². The number of hydrogen-bond acceptors (Lipinski definition) is 3. The summed E-state index contributed by atoms with van der Waals surface area (Å²) in [5, 5.41) is 3.92. The Balaban J connectivity index is 1.68. The number of nitrogens with one attached hydrogen (secondary N) is 1. The van der Waals surface area contributed by atoms with Crippen molar-refractivity contribution in [1.29, 1.82) is 0 Å². The van der Waals surface area contributed by atoms with Gasteiger partial charge in [-0.15, -0.1) is 0 Å². The first kappa shape index (κ1) is 19.3. The number of ether oxygens (including phenoxy) is 1. The van der Waals surface area contributed by atoms with E-state index < -0.39 is 0 Å². The van der Waals surface area contributed by atoms with Gasteiger partial charge in [0.1, 0.15) is 5.75 Å². The van der Waals surface area contributed by atoms with Crippen LogP contribution in [0.5, 0.6) is 5.75 Å². The molecule has 1 aliphatic heterocycles. The van der Waals surface area contributed by atoms with Gasteiger partial charge < -0.3 is 10.1 Å². The quantitative estimate of drug-likeness (QED) is 0.757. The van der Waals surface area contributed by atoms with Gasteiger partial charge in [-0.05, 0) is 69.0 Å². The van der Waals surface area contributed by atoms with Crippen LogP contribution >= 0.6 is 11.6 Å². The lowest BCUT2D eigenvalue weighted by Crippen LogP contribution is -2.60. The molecule has 2 aromatic carbocycles. The van der Waals surface area contributed by atoms with Crippen molar-refractivity contribution in [2.45, 2.75) is 43.7 Å². The van der Waals surface area contributed by atoms with E-state index in [9.17, 15) is 4.79 Å². The summed E-state index contributed by atoms with van der Waals surface area (Å²) < 4.78 is 5.40. The first-order chi connectivity index (χ1) is 13.6. The molecule has 1 saturated carbocycles. The van der Waals surface area contributed by atoms with Gasteiger partial charge in [-0.1, -0.05) is 41.9 Å². The lowest BCUT2D eigenvalue weighted by atomic mass is 9.68. The molecule has 0 bridgehead atoms. The third kappa shape index (κ3) is 3.51. The Labute approximate surface area is 171 Å². The number of halogens is 1. The second-order valence-electron chi connectivity index (χ2n) is 7.81.